The van der Waals surface area contributed by atoms with Gasteiger partial charge >= 0.3 is 0 Å². The average Bonchev–Trinajstić information content (AvgIpc) is 2.82. The molecule has 3 heteroatoms. The first-order valence-electron chi connectivity index (χ1n) is 5.25. The molecule has 3 aromatic rings. The smallest absolute Gasteiger partial charge is 0.112 e. The largest absolute Gasteiger partial charge is 0.348 e. The monoisotopic (exact) mass is 209 g/mol. The van der Waals surface area contributed by atoms with E-state index in [-0.39, 0.29) is 0 Å². The zero-order valence-electron chi connectivity index (χ0n) is 8.72. The number of rotatable bonds is 2. The zero-order valence-corrected chi connectivity index (χ0v) is 8.72. The fourth-order valence-electron chi connectivity index (χ4n) is 1.77. The molecule has 0 atom stereocenters. The van der Waals surface area contributed by atoms with Crippen molar-refractivity contribution < 1.29 is 0 Å². The number of hydrogen-bond acceptors (Lipinski definition) is 2. The van der Waals surface area contributed by atoms with E-state index in [9.17, 15) is 0 Å². The molecule has 2 heterocycles. The number of fused-ring (bicyclic) bond motifs is 1. The summed E-state index contributed by atoms with van der Waals surface area (Å²) in [4.78, 5) is 11.9. The number of nitrogens with zero attached hydrogens (tertiary/aromatic N) is 2. The van der Waals surface area contributed by atoms with Gasteiger partial charge in [-0.1, -0.05) is 24.3 Å². The van der Waals surface area contributed by atoms with Gasteiger partial charge in [-0.05, 0) is 12.1 Å². The van der Waals surface area contributed by atoms with Crippen LogP contribution in [0, 0.1) is 0 Å². The lowest BCUT2D eigenvalue weighted by Crippen LogP contribution is -1.94. The van der Waals surface area contributed by atoms with Gasteiger partial charge in [-0.3, -0.25) is 4.98 Å². The van der Waals surface area contributed by atoms with E-state index in [2.05, 4.69) is 27.1 Å². The molecule has 0 radical (unpaired) electrons. The molecule has 0 unspecified atom stereocenters. The van der Waals surface area contributed by atoms with E-state index in [1.54, 1.807) is 6.20 Å². The van der Waals surface area contributed by atoms with Crippen LogP contribution >= 0.6 is 0 Å². The number of aromatic nitrogens is 3. The molecular weight excluding hydrogens is 198 g/mol. The second kappa shape index (κ2) is 3.77. The Morgan fingerprint density at radius 2 is 2.00 bits per heavy atom. The van der Waals surface area contributed by atoms with E-state index in [1.165, 1.54) is 5.39 Å². The fourth-order valence-corrected chi connectivity index (χ4v) is 1.77. The molecule has 1 N–H and O–H groups in total. The van der Waals surface area contributed by atoms with Crippen molar-refractivity contribution in [3.63, 3.8) is 0 Å². The molecule has 16 heavy (non-hydrogen) atoms. The topological polar surface area (TPSA) is 41.6 Å². The van der Waals surface area contributed by atoms with Gasteiger partial charge in [0.25, 0.3) is 0 Å². The number of aromatic amines is 1. The van der Waals surface area contributed by atoms with E-state index in [1.807, 2.05) is 30.5 Å². The molecule has 3 rings (SSSR count). The van der Waals surface area contributed by atoms with Gasteiger partial charge in [-0.2, -0.15) is 0 Å². The van der Waals surface area contributed by atoms with Crippen LogP contribution in [-0.2, 0) is 6.42 Å². The van der Waals surface area contributed by atoms with Crippen molar-refractivity contribution in [2.45, 2.75) is 6.42 Å². The van der Waals surface area contributed by atoms with Crippen molar-refractivity contribution in [2.75, 3.05) is 0 Å². The normalized spacial score (nSPS) is 10.8. The molecule has 0 bridgehead atoms. The molecule has 0 spiro atoms. The second-order valence-corrected chi connectivity index (χ2v) is 3.71. The third kappa shape index (κ3) is 1.67. The minimum Gasteiger partial charge on any atom is -0.348 e. The molecule has 78 valence electrons. The predicted molar refractivity (Wildman–Crippen MR) is 63.1 cm³/mol. The lowest BCUT2D eigenvalue weighted by molar-refractivity contribution is 0.987. The minimum absolute atomic E-state index is 0.748. The van der Waals surface area contributed by atoms with Crippen molar-refractivity contribution in [2.24, 2.45) is 0 Å². The third-order valence-electron chi connectivity index (χ3n) is 2.56. The van der Waals surface area contributed by atoms with Gasteiger partial charge in [0, 0.05) is 29.9 Å². The Bertz CT molecular complexity index is 599. The van der Waals surface area contributed by atoms with E-state index >= 15 is 0 Å². The average molecular weight is 209 g/mol. The summed E-state index contributed by atoms with van der Waals surface area (Å²) in [7, 11) is 0. The van der Waals surface area contributed by atoms with Crippen molar-refractivity contribution in [3.8, 4) is 0 Å². The van der Waals surface area contributed by atoms with Gasteiger partial charge in [-0.25, -0.2) is 4.98 Å². The first-order chi connectivity index (χ1) is 7.92. The molecule has 2 aromatic heterocycles. The Balaban J connectivity index is 1.99. The third-order valence-corrected chi connectivity index (χ3v) is 2.56. The van der Waals surface area contributed by atoms with Crippen LogP contribution in [0.5, 0.6) is 0 Å². The van der Waals surface area contributed by atoms with Gasteiger partial charge in [0.2, 0.25) is 0 Å². The van der Waals surface area contributed by atoms with Crippen molar-refractivity contribution in [3.05, 3.63) is 60.3 Å². The first-order valence-corrected chi connectivity index (χ1v) is 5.25. The predicted octanol–water partition coefficient (Wildman–Crippen LogP) is 2.55. The van der Waals surface area contributed by atoms with Gasteiger partial charge in [0.1, 0.15) is 5.82 Å². The molecule has 0 fully saturated rings. The van der Waals surface area contributed by atoms with Gasteiger partial charge < -0.3 is 4.98 Å². The number of imidazole rings is 1. The van der Waals surface area contributed by atoms with E-state index in [4.69, 9.17) is 0 Å². The highest BCUT2D eigenvalue weighted by Crippen LogP contribution is 2.13. The summed E-state index contributed by atoms with van der Waals surface area (Å²) < 4.78 is 0. The SMILES string of the molecule is c1ccc2nc(Cc3ncc[nH]3)ccc2c1. The van der Waals surface area contributed by atoms with Crippen molar-refractivity contribution >= 4 is 10.9 Å². The molecule has 0 amide bonds. The van der Waals surface area contributed by atoms with Crippen LogP contribution in [0.15, 0.2) is 48.8 Å². The summed E-state index contributed by atoms with van der Waals surface area (Å²) in [5.41, 5.74) is 2.07. The molecule has 0 aliphatic carbocycles. The Hall–Kier alpha value is -2.16. The summed E-state index contributed by atoms with van der Waals surface area (Å²) in [5.74, 6) is 0.947. The summed E-state index contributed by atoms with van der Waals surface area (Å²) in [6, 6.07) is 12.3. The van der Waals surface area contributed by atoms with E-state index in [0.717, 1.165) is 23.5 Å². The Labute approximate surface area is 93.2 Å². The quantitative estimate of drug-likeness (QED) is 0.704. The number of para-hydroxylation sites is 1. The highest BCUT2D eigenvalue weighted by molar-refractivity contribution is 5.78. The minimum atomic E-state index is 0.748. The van der Waals surface area contributed by atoms with Crippen LogP contribution in [0.4, 0.5) is 0 Å². The maximum Gasteiger partial charge on any atom is 0.112 e. The molecule has 3 nitrogen and oxygen atoms in total. The lowest BCUT2D eigenvalue weighted by atomic mass is 10.2. The van der Waals surface area contributed by atoms with E-state index < -0.39 is 0 Å². The Morgan fingerprint density at radius 3 is 2.88 bits per heavy atom. The number of H-pyrrole nitrogens is 1. The molecule has 0 saturated carbocycles. The zero-order chi connectivity index (χ0) is 10.8. The van der Waals surface area contributed by atoms with Gasteiger partial charge in [0.05, 0.1) is 5.52 Å². The molecular formula is C13H11N3. The summed E-state index contributed by atoms with van der Waals surface area (Å²) in [6.45, 7) is 0. The number of hydrogen-bond donors (Lipinski definition) is 1. The van der Waals surface area contributed by atoms with Gasteiger partial charge in [0.15, 0.2) is 0 Å². The standard InChI is InChI=1S/C13H11N3/c1-2-4-12-10(3-1)5-6-11(16-12)9-13-14-7-8-15-13/h1-8H,9H2,(H,14,15). The van der Waals surface area contributed by atoms with Gasteiger partial charge in [-0.15, -0.1) is 0 Å². The molecule has 0 aliphatic rings. The summed E-state index contributed by atoms with van der Waals surface area (Å²) in [5, 5.41) is 1.17. The van der Waals surface area contributed by atoms with Crippen LogP contribution in [0.2, 0.25) is 0 Å². The maximum absolute atomic E-state index is 4.59. The summed E-state index contributed by atoms with van der Waals surface area (Å²) >= 11 is 0. The Morgan fingerprint density at radius 1 is 1.06 bits per heavy atom. The van der Waals surface area contributed by atoms with Crippen LogP contribution in [-0.4, -0.2) is 15.0 Å². The van der Waals surface area contributed by atoms with Crippen molar-refractivity contribution in [1.29, 1.82) is 0 Å². The lowest BCUT2D eigenvalue weighted by Gasteiger charge is -2.00. The first kappa shape index (κ1) is 9.09. The fraction of sp³-hybridized carbons (Fsp3) is 0.0769. The second-order valence-electron chi connectivity index (χ2n) is 3.71. The molecule has 0 saturated heterocycles. The number of nitrogens with one attached hydrogen (secondary N) is 1. The highest BCUT2D eigenvalue weighted by Gasteiger charge is 2.00. The van der Waals surface area contributed by atoms with Crippen molar-refractivity contribution in [1.82, 2.24) is 15.0 Å². The highest BCUT2D eigenvalue weighted by atomic mass is 14.9. The van der Waals surface area contributed by atoms with E-state index in [0.29, 0.717) is 0 Å². The van der Waals surface area contributed by atoms with Crippen LogP contribution in [0.25, 0.3) is 10.9 Å². The summed E-state index contributed by atoms with van der Waals surface area (Å²) in [6.07, 6.45) is 4.34. The van der Waals surface area contributed by atoms with Crippen LogP contribution in [0.1, 0.15) is 11.5 Å². The molecule has 0 aliphatic heterocycles. The maximum atomic E-state index is 4.59. The Kier molecular flexibility index (Phi) is 2.14. The number of pyridine rings is 1. The van der Waals surface area contributed by atoms with Crippen LogP contribution < -0.4 is 0 Å². The molecule has 1 aromatic carbocycles. The number of benzene rings is 1. The van der Waals surface area contributed by atoms with Crippen LogP contribution in [0.3, 0.4) is 0 Å².